The molecule has 0 radical (unpaired) electrons. The number of rotatable bonds is 5. The normalized spacial score (nSPS) is 22.2. The first kappa shape index (κ1) is 18.8. The van der Waals surface area contributed by atoms with E-state index in [0.717, 1.165) is 12.8 Å². The van der Waals surface area contributed by atoms with Gasteiger partial charge in [-0.3, -0.25) is 4.79 Å². The van der Waals surface area contributed by atoms with Gasteiger partial charge in [0.25, 0.3) is 0 Å². The number of carbonyl (C=O) groups is 1. The fourth-order valence-corrected chi connectivity index (χ4v) is 2.86. The van der Waals surface area contributed by atoms with Crippen molar-refractivity contribution in [2.45, 2.75) is 25.2 Å². The van der Waals surface area contributed by atoms with Crippen LogP contribution in [0.3, 0.4) is 0 Å². The molecule has 8 nitrogen and oxygen atoms in total. The first-order valence-corrected chi connectivity index (χ1v) is 8.63. The number of halogens is 1. The second-order valence-electron chi connectivity index (χ2n) is 6.11. The Morgan fingerprint density at radius 1 is 1.52 bits per heavy atom. The minimum absolute atomic E-state index is 0.150. The molecule has 2 unspecified atom stereocenters. The summed E-state index contributed by atoms with van der Waals surface area (Å²) in [5, 5.41) is 5.74. The number of carbonyl (C=O) groups excluding carboxylic acids is 1. The van der Waals surface area contributed by atoms with Crippen molar-refractivity contribution in [1.82, 2.24) is 15.2 Å². The van der Waals surface area contributed by atoms with Gasteiger partial charge in [-0.1, -0.05) is 6.58 Å². The van der Waals surface area contributed by atoms with Crippen molar-refractivity contribution in [1.29, 1.82) is 0 Å². The van der Waals surface area contributed by atoms with Crippen molar-refractivity contribution < 1.29 is 18.7 Å². The summed E-state index contributed by atoms with van der Waals surface area (Å²) in [7, 11) is 1.53. The lowest BCUT2D eigenvalue weighted by Gasteiger charge is -2.33. The van der Waals surface area contributed by atoms with E-state index in [4.69, 9.17) is 9.47 Å². The SMILES string of the molecule is C=CC(=O)N1CCCC(OC2N=C(Nc3ccc(OC)nc3)NC=C2F)C1. The highest BCUT2D eigenvalue weighted by atomic mass is 19.1. The number of guanidine groups is 1. The standard InChI is InChI=1S/C18H22FN5O3/c1-3-16(25)24-8-4-5-13(11-24)27-17-14(19)10-21-18(23-17)22-12-6-7-15(26-2)20-9-12/h3,6-7,9-10,13,17H,1,4-5,8,11H2,2H3,(H2,21,22,23). The molecule has 3 heterocycles. The third-order valence-corrected chi connectivity index (χ3v) is 4.22. The molecule has 1 saturated heterocycles. The van der Waals surface area contributed by atoms with Gasteiger partial charge in [0.15, 0.2) is 5.83 Å². The lowest BCUT2D eigenvalue weighted by Crippen LogP contribution is -2.44. The van der Waals surface area contributed by atoms with Gasteiger partial charge >= 0.3 is 0 Å². The summed E-state index contributed by atoms with van der Waals surface area (Å²) >= 11 is 0. The Hall–Kier alpha value is -2.94. The van der Waals surface area contributed by atoms with Crippen LogP contribution in [0.1, 0.15) is 12.8 Å². The van der Waals surface area contributed by atoms with Gasteiger partial charge in [-0.25, -0.2) is 14.4 Å². The molecule has 1 amide bonds. The summed E-state index contributed by atoms with van der Waals surface area (Å²) in [5.74, 6) is 0.147. The minimum Gasteiger partial charge on any atom is -0.481 e. The van der Waals surface area contributed by atoms with Crippen molar-refractivity contribution in [3.05, 3.63) is 43.0 Å². The number of hydrogen-bond donors (Lipinski definition) is 2. The molecule has 9 heteroatoms. The zero-order valence-corrected chi connectivity index (χ0v) is 15.0. The van der Waals surface area contributed by atoms with Gasteiger partial charge in [0.05, 0.1) is 25.1 Å². The van der Waals surface area contributed by atoms with Crippen molar-refractivity contribution in [3.8, 4) is 5.88 Å². The summed E-state index contributed by atoms with van der Waals surface area (Å²) in [6.07, 6.45) is 4.21. The molecule has 0 saturated carbocycles. The summed E-state index contributed by atoms with van der Waals surface area (Å²) in [4.78, 5) is 21.7. The fraction of sp³-hybridized carbons (Fsp3) is 0.389. The molecule has 2 aliphatic heterocycles. The zero-order chi connectivity index (χ0) is 19.2. The van der Waals surface area contributed by atoms with E-state index in [1.807, 2.05) is 0 Å². The zero-order valence-electron chi connectivity index (χ0n) is 15.0. The molecule has 0 aliphatic carbocycles. The Labute approximate surface area is 156 Å². The Bertz CT molecular complexity index is 750. The summed E-state index contributed by atoms with van der Waals surface area (Å²) in [6, 6.07) is 3.46. The van der Waals surface area contributed by atoms with E-state index in [1.54, 1.807) is 23.2 Å². The third kappa shape index (κ3) is 4.82. The maximum absolute atomic E-state index is 14.1. The highest BCUT2D eigenvalue weighted by Crippen LogP contribution is 2.21. The van der Waals surface area contributed by atoms with Gasteiger partial charge in [0.2, 0.25) is 24.0 Å². The monoisotopic (exact) mass is 375 g/mol. The largest absolute Gasteiger partial charge is 0.481 e. The average molecular weight is 375 g/mol. The molecule has 0 bridgehead atoms. The highest BCUT2D eigenvalue weighted by Gasteiger charge is 2.28. The van der Waals surface area contributed by atoms with E-state index < -0.39 is 12.1 Å². The number of nitrogens with zero attached hydrogens (tertiary/aromatic N) is 3. The number of nitrogens with one attached hydrogen (secondary N) is 2. The van der Waals surface area contributed by atoms with Crippen molar-refractivity contribution in [2.75, 3.05) is 25.5 Å². The van der Waals surface area contributed by atoms with Crippen LogP contribution in [-0.2, 0) is 9.53 Å². The smallest absolute Gasteiger partial charge is 0.246 e. The summed E-state index contributed by atoms with van der Waals surface area (Å²) in [6.45, 7) is 4.54. The van der Waals surface area contributed by atoms with E-state index in [-0.39, 0.29) is 12.0 Å². The number of aromatic nitrogens is 1. The van der Waals surface area contributed by atoms with Crippen LogP contribution < -0.4 is 15.4 Å². The van der Waals surface area contributed by atoms with Gasteiger partial charge in [-0.05, 0) is 25.0 Å². The molecule has 1 fully saturated rings. The first-order valence-electron chi connectivity index (χ1n) is 8.63. The lowest BCUT2D eigenvalue weighted by molar-refractivity contribution is -0.131. The average Bonchev–Trinajstić information content (AvgIpc) is 2.70. The van der Waals surface area contributed by atoms with Crippen molar-refractivity contribution >= 4 is 17.6 Å². The number of pyridine rings is 1. The number of aliphatic imine (C=N–C) groups is 1. The number of hydrogen-bond acceptors (Lipinski definition) is 7. The van der Waals surface area contributed by atoms with E-state index >= 15 is 0 Å². The topological polar surface area (TPSA) is 88.1 Å². The van der Waals surface area contributed by atoms with Crippen LogP contribution in [0.4, 0.5) is 10.1 Å². The van der Waals surface area contributed by atoms with Gasteiger partial charge in [0.1, 0.15) is 0 Å². The highest BCUT2D eigenvalue weighted by molar-refractivity contribution is 5.94. The second-order valence-corrected chi connectivity index (χ2v) is 6.11. The van der Waals surface area contributed by atoms with E-state index in [0.29, 0.717) is 30.6 Å². The maximum atomic E-state index is 14.1. The predicted molar refractivity (Wildman–Crippen MR) is 98.8 cm³/mol. The van der Waals surface area contributed by atoms with Crippen molar-refractivity contribution in [3.63, 3.8) is 0 Å². The number of methoxy groups -OCH3 is 1. The molecule has 1 aromatic rings. The van der Waals surface area contributed by atoms with Gasteiger partial charge < -0.3 is 25.0 Å². The van der Waals surface area contributed by atoms with E-state index in [2.05, 4.69) is 27.2 Å². The summed E-state index contributed by atoms with van der Waals surface area (Å²) < 4.78 is 25.0. The number of likely N-dealkylation sites (tertiary alicyclic amines) is 1. The Morgan fingerprint density at radius 3 is 3.07 bits per heavy atom. The van der Waals surface area contributed by atoms with Crippen LogP contribution in [0.25, 0.3) is 0 Å². The van der Waals surface area contributed by atoms with Crippen molar-refractivity contribution in [2.24, 2.45) is 4.99 Å². The van der Waals surface area contributed by atoms with E-state index in [1.165, 1.54) is 19.4 Å². The van der Waals surface area contributed by atoms with Crippen LogP contribution in [0, 0.1) is 0 Å². The molecule has 144 valence electrons. The minimum atomic E-state index is -1.07. The van der Waals surface area contributed by atoms with Crippen LogP contribution in [-0.4, -0.2) is 54.3 Å². The molecule has 2 aliphatic rings. The van der Waals surface area contributed by atoms with Crippen LogP contribution in [0.5, 0.6) is 5.88 Å². The molecule has 27 heavy (non-hydrogen) atoms. The fourth-order valence-electron chi connectivity index (χ4n) is 2.86. The maximum Gasteiger partial charge on any atom is 0.246 e. The second kappa shape index (κ2) is 8.63. The first-order chi connectivity index (χ1) is 13.1. The number of piperidine rings is 1. The van der Waals surface area contributed by atoms with Gasteiger partial charge in [-0.2, -0.15) is 0 Å². The molecule has 3 rings (SSSR count). The van der Waals surface area contributed by atoms with Crippen LogP contribution >= 0.6 is 0 Å². The quantitative estimate of drug-likeness (QED) is 0.763. The molecule has 0 aromatic carbocycles. The molecule has 2 atom stereocenters. The van der Waals surface area contributed by atoms with E-state index in [9.17, 15) is 9.18 Å². The van der Waals surface area contributed by atoms with Gasteiger partial charge in [0, 0.05) is 25.4 Å². The summed E-state index contributed by atoms with van der Waals surface area (Å²) in [5.41, 5.74) is 0.664. The molecule has 0 spiro atoms. The lowest BCUT2D eigenvalue weighted by atomic mass is 10.1. The van der Waals surface area contributed by atoms with Gasteiger partial charge in [-0.15, -0.1) is 0 Å². The Morgan fingerprint density at radius 2 is 2.37 bits per heavy atom. The Kier molecular flexibility index (Phi) is 6.02. The number of anilines is 1. The molecule has 1 aromatic heterocycles. The molecular weight excluding hydrogens is 353 g/mol. The van der Waals surface area contributed by atoms with Crippen LogP contribution in [0.15, 0.2) is 48.0 Å². The molecule has 2 N–H and O–H groups in total. The number of ether oxygens (including phenoxy) is 2. The predicted octanol–water partition coefficient (Wildman–Crippen LogP) is 1.79. The molecular formula is C18H22FN5O3. The Balaban J connectivity index is 1.63. The third-order valence-electron chi connectivity index (χ3n) is 4.22. The van der Waals surface area contributed by atoms with Crippen LogP contribution in [0.2, 0.25) is 0 Å². The number of amides is 1.